The number of hydrogen-bond acceptors (Lipinski definition) is 3. The molecule has 0 spiro atoms. The van der Waals surface area contributed by atoms with E-state index in [2.05, 4.69) is 0 Å². The maximum absolute atomic E-state index is 13.0. The highest BCUT2D eigenvalue weighted by Crippen LogP contribution is 2.27. The molecule has 1 heterocycles. The second-order valence-corrected chi connectivity index (χ2v) is 6.93. The zero-order valence-corrected chi connectivity index (χ0v) is 11.9. The molecule has 5 nitrogen and oxygen atoms in total. The van der Waals surface area contributed by atoms with Gasteiger partial charge in [0.1, 0.15) is 5.82 Å². The third-order valence-electron chi connectivity index (χ3n) is 3.47. The molecular weight excluding hydrogens is 285 g/mol. The molecule has 1 fully saturated rings. The molecule has 1 aliphatic rings. The van der Waals surface area contributed by atoms with Gasteiger partial charge in [-0.05, 0) is 43.0 Å². The van der Waals surface area contributed by atoms with Gasteiger partial charge in [-0.15, -0.1) is 0 Å². The van der Waals surface area contributed by atoms with Crippen LogP contribution in [0.15, 0.2) is 23.1 Å². The van der Waals surface area contributed by atoms with Gasteiger partial charge in [-0.25, -0.2) is 12.8 Å². The normalized spacial score (nSPS) is 20.2. The van der Waals surface area contributed by atoms with Gasteiger partial charge in [0, 0.05) is 19.5 Å². The average molecular weight is 301 g/mol. The van der Waals surface area contributed by atoms with E-state index in [1.165, 1.54) is 16.4 Å². The molecule has 20 heavy (non-hydrogen) atoms. The van der Waals surface area contributed by atoms with Crippen LogP contribution in [0.25, 0.3) is 0 Å². The monoisotopic (exact) mass is 301 g/mol. The van der Waals surface area contributed by atoms with E-state index >= 15 is 0 Å². The van der Waals surface area contributed by atoms with Crippen LogP contribution in [0.1, 0.15) is 18.4 Å². The van der Waals surface area contributed by atoms with Crippen molar-refractivity contribution >= 4 is 16.0 Å². The molecular formula is C13H16FNO4S. The highest BCUT2D eigenvalue weighted by atomic mass is 32.2. The molecule has 1 N–H and O–H groups in total. The Morgan fingerprint density at radius 1 is 1.50 bits per heavy atom. The summed E-state index contributed by atoms with van der Waals surface area (Å²) in [6.07, 6.45) is 0.500. The van der Waals surface area contributed by atoms with Crippen molar-refractivity contribution in [3.63, 3.8) is 0 Å². The Morgan fingerprint density at radius 2 is 2.20 bits per heavy atom. The van der Waals surface area contributed by atoms with Crippen molar-refractivity contribution in [3.05, 3.63) is 29.6 Å². The quantitative estimate of drug-likeness (QED) is 0.917. The molecule has 1 saturated heterocycles. The Hall–Kier alpha value is -1.47. The molecule has 0 amide bonds. The second kappa shape index (κ2) is 5.49. The van der Waals surface area contributed by atoms with Crippen LogP contribution in [0, 0.1) is 18.7 Å². The molecule has 0 aromatic heterocycles. The molecule has 1 aromatic rings. The molecule has 110 valence electrons. The number of benzene rings is 1. The van der Waals surface area contributed by atoms with Crippen molar-refractivity contribution in [1.29, 1.82) is 0 Å². The smallest absolute Gasteiger partial charge is 0.303 e. The fourth-order valence-electron chi connectivity index (χ4n) is 2.47. The zero-order valence-electron chi connectivity index (χ0n) is 11.0. The lowest BCUT2D eigenvalue weighted by Crippen LogP contribution is -2.29. The number of nitrogens with zero attached hydrogens (tertiary/aromatic N) is 1. The number of aliphatic carboxylic acids is 1. The number of aryl methyl sites for hydroxylation is 1. The van der Waals surface area contributed by atoms with Crippen LogP contribution in [0.5, 0.6) is 0 Å². The molecule has 0 bridgehead atoms. The number of halogens is 1. The lowest BCUT2D eigenvalue weighted by molar-refractivity contribution is -0.137. The maximum atomic E-state index is 13.0. The summed E-state index contributed by atoms with van der Waals surface area (Å²) in [5, 5.41) is 8.75. The summed E-state index contributed by atoms with van der Waals surface area (Å²) in [6, 6.07) is 3.55. The van der Waals surface area contributed by atoms with E-state index in [0.717, 1.165) is 6.07 Å². The van der Waals surface area contributed by atoms with Crippen molar-refractivity contribution < 1.29 is 22.7 Å². The van der Waals surface area contributed by atoms with Crippen LogP contribution in [0.2, 0.25) is 0 Å². The Kier molecular flexibility index (Phi) is 4.10. The van der Waals surface area contributed by atoms with Gasteiger partial charge in [-0.3, -0.25) is 4.79 Å². The van der Waals surface area contributed by atoms with Crippen molar-refractivity contribution in [2.45, 2.75) is 24.7 Å². The first-order valence-electron chi connectivity index (χ1n) is 6.29. The third kappa shape index (κ3) is 2.99. The van der Waals surface area contributed by atoms with Crippen LogP contribution in [0.3, 0.4) is 0 Å². The van der Waals surface area contributed by atoms with Crippen molar-refractivity contribution in [2.24, 2.45) is 5.92 Å². The van der Waals surface area contributed by atoms with E-state index in [0.29, 0.717) is 18.5 Å². The van der Waals surface area contributed by atoms with Crippen LogP contribution < -0.4 is 0 Å². The lowest BCUT2D eigenvalue weighted by atomic mass is 10.1. The van der Waals surface area contributed by atoms with Crippen LogP contribution >= 0.6 is 0 Å². The molecule has 0 aliphatic carbocycles. The van der Waals surface area contributed by atoms with E-state index < -0.39 is 21.8 Å². The minimum absolute atomic E-state index is 0.0333. The van der Waals surface area contributed by atoms with Crippen LogP contribution in [-0.2, 0) is 14.8 Å². The fourth-order valence-corrected chi connectivity index (χ4v) is 4.21. The van der Waals surface area contributed by atoms with E-state index in [1.807, 2.05) is 0 Å². The summed E-state index contributed by atoms with van der Waals surface area (Å²) in [5.41, 5.74) is 0.353. The standard InChI is InChI=1S/C13H16FNO4S/c1-9-6-11(14)2-3-12(9)20(18,19)15-5-4-10(8-15)7-13(16)17/h2-3,6,10H,4-5,7-8H2,1H3,(H,16,17). The zero-order chi connectivity index (χ0) is 14.9. The van der Waals surface area contributed by atoms with Gasteiger partial charge in [-0.2, -0.15) is 4.31 Å². The van der Waals surface area contributed by atoms with Crippen molar-refractivity contribution in [3.8, 4) is 0 Å². The second-order valence-electron chi connectivity index (χ2n) is 5.03. The SMILES string of the molecule is Cc1cc(F)ccc1S(=O)(=O)N1CCC(CC(=O)O)C1. The minimum Gasteiger partial charge on any atom is -0.481 e. The number of carboxylic acids is 1. The van der Waals surface area contributed by atoms with E-state index in [9.17, 15) is 17.6 Å². The summed E-state index contributed by atoms with van der Waals surface area (Å²) in [6.45, 7) is 2.04. The van der Waals surface area contributed by atoms with Gasteiger partial charge in [-0.1, -0.05) is 0 Å². The number of carbonyl (C=O) groups is 1. The molecule has 7 heteroatoms. The molecule has 0 saturated carbocycles. The Labute approximate surface area is 117 Å². The highest BCUT2D eigenvalue weighted by Gasteiger charge is 2.34. The van der Waals surface area contributed by atoms with E-state index in [-0.39, 0.29) is 23.8 Å². The minimum atomic E-state index is -3.68. The van der Waals surface area contributed by atoms with Crippen LogP contribution in [0.4, 0.5) is 4.39 Å². The predicted octanol–water partition coefficient (Wildman–Crippen LogP) is 1.62. The van der Waals surface area contributed by atoms with Gasteiger partial charge < -0.3 is 5.11 Å². The van der Waals surface area contributed by atoms with Crippen molar-refractivity contribution in [2.75, 3.05) is 13.1 Å². The van der Waals surface area contributed by atoms with Crippen LogP contribution in [-0.4, -0.2) is 36.9 Å². The molecule has 1 aliphatic heterocycles. The first-order chi connectivity index (χ1) is 9.30. The first kappa shape index (κ1) is 14.9. The molecule has 1 atom stereocenters. The summed E-state index contributed by atoms with van der Waals surface area (Å²) >= 11 is 0. The van der Waals surface area contributed by atoms with Gasteiger partial charge in [0.2, 0.25) is 10.0 Å². The predicted molar refractivity (Wildman–Crippen MR) is 70.3 cm³/mol. The van der Waals surface area contributed by atoms with Gasteiger partial charge >= 0.3 is 5.97 Å². The van der Waals surface area contributed by atoms with Crippen molar-refractivity contribution in [1.82, 2.24) is 4.31 Å². The number of hydrogen-bond donors (Lipinski definition) is 1. The van der Waals surface area contributed by atoms with Gasteiger partial charge in [0.15, 0.2) is 0 Å². The third-order valence-corrected chi connectivity index (χ3v) is 5.49. The maximum Gasteiger partial charge on any atom is 0.303 e. The Morgan fingerprint density at radius 3 is 2.80 bits per heavy atom. The first-order valence-corrected chi connectivity index (χ1v) is 7.73. The molecule has 1 aromatic carbocycles. The number of sulfonamides is 1. The summed E-state index contributed by atoms with van der Waals surface area (Å²) in [4.78, 5) is 10.7. The summed E-state index contributed by atoms with van der Waals surface area (Å²) < 4.78 is 39.2. The molecule has 1 unspecified atom stereocenters. The Balaban J connectivity index is 2.21. The largest absolute Gasteiger partial charge is 0.481 e. The van der Waals surface area contributed by atoms with Gasteiger partial charge in [0.05, 0.1) is 4.90 Å². The topological polar surface area (TPSA) is 74.7 Å². The number of carboxylic acid groups (broad SMARTS) is 1. The molecule has 0 radical (unpaired) electrons. The molecule has 2 rings (SSSR count). The lowest BCUT2D eigenvalue weighted by Gasteiger charge is -2.17. The Bertz CT molecular complexity index is 629. The van der Waals surface area contributed by atoms with E-state index in [1.54, 1.807) is 6.92 Å². The summed E-state index contributed by atoms with van der Waals surface area (Å²) in [5.74, 6) is -1.57. The van der Waals surface area contributed by atoms with E-state index in [4.69, 9.17) is 5.11 Å². The van der Waals surface area contributed by atoms with Gasteiger partial charge in [0.25, 0.3) is 0 Å². The average Bonchev–Trinajstić information content (AvgIpc) is 2.76. The number of rotatable bonds is 4. The highest BCUT2D eigenvalue weighted by molar-refractivity contribution is 7.89. The summed E-state index contributed by atoms with van der Waals surface area (Å²) in [7, 11) is -3.68. The fraction of sp³-hybridized carbons (Fsp3) is 0.462.